The van der Waals surface area contributed by atoms with Gasteiger partial charge in [-0.1, -0.05) is 25.6 Å². The summed E-state index contributed by atoms with van der Waals surface area (Å²) in [7, 11) is 1.65. The monoisotopic (exact) mass is 418 g/mol. The number of aromatic nitrogens is 3. The number of nitrogens with one attached hydrogen (secondary N) is 1. The number of ether oxygens (including phenoxy) is 2. The molecule has 1 aromatic heterocycles. The van der Waals surface area contributed by atoms with Crippen molar-refractivity contribution in [2.75, 3.05) is 20.3 Å². The van der Waals surface area contributed by atoms with E-state index in [4.69, 9.17) is 9.47 Å². The fourth-order valence-electron chi connectivity index (χ4n) is 3.15. The average molecular weight is 419 g/mol. The van der Waals surface area contributed by atoms with Gasteiger partial charge in [0, 0.05) is 18.7 Å². The van der Waals surface area contributed by atoms with Crippen LogP contribution in [-0.2, 0) is 16.1 Å². The minimum atomic E-state index is -0.259. The number of rotatable bonds is 9. The molecule has 1 amide bonds. The number of carbonyl (C=O) groups is 1. The highest BCUT2D eigenvalue weighted by Crippen LogP contribution is 2.29. The molecule has 7 nitrogen and oxygen atoms in total. The van der Waals surface area contributed by atoms with Gasteiger partial charge in [-0.2, -0.15) is 0 Å². The summed E-state index contributed by atoms with van der Waals surface area (Å²) in [5, 5.41) is 12.3. The maximum absolute atomic E-state index is 12.4. The van der Waals surface area contributed by atoms with Gasteiger partial charge >= 0.3 is 0 Å². The molecule has 2 unspecified atom stereocenters. The van der Waals surface area contributed by atoms with Crippen LogP contribution in [0.5, 0.6) is 5.75 Å². The first-order valence-electron chi connectivity index (χ1n) is 10.1. The first-order chi connectivity index (χ1) is 14.0. The number of methoxy groups -OCH3 is 1. The normalized spacial score (nSPS) is 17.5. The fraction of sp³-hybridized carbons (Fsp3) is 0.571. The molecule has 2 atom stereocenters. The summed E-state index contributed by atoms with van der Waals surface area (Å²) in [4.78, 5) is 12.4. The third-order valence-electron chi connectivity index (χ3n) is 4.81. The van der Waals surface area contributed by atoms with Crippen molar-refractivity contribution in [1.82, 2.24) is 20.1 Å². The Morgan fingerprint density at radius 1 is 1.31 bits per heavy atom. The van der Waals surface area contributed by atoms with Gasteiger partial charge in [-0.05, 0) is 49.9 Å². The van der Waals surface area contributed by atoms with E-state index < -0.39 is 0 Å². The second-order valence-electron chi connectivity index (χ2n) is 7.68. The lowest BCUT2D eigenvalue weighted by Crippen LogP contribution is -2.33. The summed E-state index contributed by atoms with van der Waals surface area (Å²) >= 11 is 1.43. The Morgan fingerprint density at radius 3 is 2.69 bits per heavy atom. The lowest BCUT2D eigenvalue weighted by atomic mass is 10.2. The van der Waals surface area contributed by atoms with Crippen molar-refractivity contribution in [1.29, 1.82) is 0 Å². The molecule has 1 aliphatic rings. The molecular formula is C21H30N4O3S. The van der Waals surface area contributed by atoms with Crippen LogP contribution in [0.2, 0.25) is 0 Å². The highest BCUT2D eigenvalue weighted by Gasteiger charge is 2.24. The summed E-state index contributed by atoms with van der Waals surface area (Å²) in [5.41, 5.74) is 0.958. The molecule has 1 aromatic carbocycles. The fourth-order valence-corrected chi connectivity index (χ4v) is 4.03. The first kappa shape index (κ1) is 21.6. The Labute approximate surface area is 176 Å². The lowest BCUT2D eigenvalue weighted by Gasteiger charge is -2.17. The van der Waals surface area contributed by atoms with Crippen LogP contribution in [-0.4, -0.2) is 52.3 Å². The van der Waals surface area contributed by atoms with E-state index in [0.29, 0.717) is 19.0 Å². The number of benzene rings is 1. The van der Waals surface area contributed by atoms with Crippen LogP contribution in [0, 0.1) is 5.92 Å². The Bertz CT molecular complexity index is 801. The molecule has 0 bridgehead atoms. The molecule has 2 heterocycles. The topological polar surface area (TPSA) is 78.3 Å². The second kappa shape index (κ2) is 10.1. The van der Waals surface area contributed by atoms with Gasteiger partial charge in [-0.3, -0.25) is 9.36 Å². The molecule has 1 N–H and O–H groups in total. The van der Waals surface area contributed by atoms with Gasteiger partial charge < -0.3 is 14.8 Å². The Balaban J connectivity index is 1.81. The van der Waals surface area contributed by atoms with E-state index in [2.05, 4.69) is 33.9 Å². The molecule has 0 saturated carbocycles. The van der Waals surface area contributed by atoms with Crippen molar-refractivity contribution in [2.24, 2.45) is 5.92 Å². The van der Waals surface area contributed by atoms with E-state index in [1.54, 1.807) is 7.11 Å². The Hall–Kier alpha value is -2.06. The Kier molecular flexibility index (Phi) is 7.55. The lowest BCUT2D eigenvalue weighted by molar-refractivity contribution is -0.120. The van der Waals surface area contributed by atoms with Crippen LogP contribution in [0.1, 0.15) is 33.6 Å². The summed E-state index contributed by atoms with van der Waals surface area (Å²) < 4.78 is 13.2. The van der Waals surface area contributed by atoms with Crippen LogP contribution >= 0.6 is 11.8 Å². The average Bonchev–Trinajstić information content (AvgIpc) is 3.37. The van der Waals surface area contributed by atoms with Gasteiger partial charge in [0.25, 0.3) is 0 Å². The smallest absolute Gasteiger partial charge is 0.233 e. The van der Waals surface area contributed by atoms with Crippen LogP contribution < -0.4 is 10.1 Å². The third-order valence-corrected chi connectivity index (χ3v) is 5.89. The molecule has 29 heavy (non-hydrogen) atoms. The zero-order valence-corrected chi connectivity index (χ0v) is 18.4. The predicted octanol–water partition coefficient (Wildman–Crippen LogP) is 3.39. The molecule has 158 valence electrons. The highest BCUT2D eigenvalue weighted by atomic mass is 32.2. The van der Waals surface area contributed by atoms with E-state index in [1.165, 1.54) is 11.8 Å². The summed E-state index contributed by atoms with van der Waals surface area (Å²) in [5.74, 6) is 2.01. The van der Waals surface area contributed by atoms with Crippen molar-refractivity contribution < 1.29 is 14.3 Å². The molecule has 1 saturated heterocycles. The van der Waals surface area contributed by atoms with E-state index >= 15 is 0 Å². The first-order valence-corrected chi connectivity index (χ1v) is 11.0. The van der Waals surface area contributed by atoms with Gasteiger partial charge in [0.2, 0.25) is 5.91 Å². The predicted molar refractivity (Wildman–Crippen MR) is 114 cm³/mol. The van der Waals surface area contributed by atoms with Gasteiger partial charge in [0.1, 0.15) is 5.75 Å². The second-order valence-corrected chi connectivity index (χ2v) is 8.99. The van der Waals surface area contributed by atoms with E-state index in [9.17, 15) is 4.79 Å². The van der Waals surface area contributed by atoms with Gasteiger partial charge in [-0.25, -0.2) is 0 Å². The summed E-state index contributed by atoms with van der Waals surface area (Å²) in [6, 6.07) is 7.77. The van der Waals surface area contributed by atoms with Crippen molar-refractivity contribution in [3.63, 3.8) is 0 Å². The number of carbonyl (C=O) groups excluding carboxylic acids is 1. The molecule has 1 fully saturated rings. The molecule has 1 aliphatic heterocycles. The molecular weight excluding hydrogens is 388 g/mol. The van der Waals surface area contributed by atoms with Gasteiger partial charge in [0.15, 0.2) is 11.0 Å². The molecule has 0 radical (unpaired) electrons. The molecule has 8 heteroatoms. The van der Waals surface area contributed by atoms with Crippen LogP contribution in [0.15, 0.2) is 29.4 Å². The molecule has 2 aromatic rings. The molecule has 0 spiro atoms. The third kappa shape index (κ3) is 5.73. The molecule has 3 rings (SSSR count). The highest BCUT2D eigenvalue weighted by molar-refractivity contribution is 8.00. The SMILES string of the molecule is COc1ccc(-c2nnc(SC(C)C(=O)NCC(C)C)n2CC2CCCO2)cc1. The maximum atomic E-state index is 12.4. The maximum Gasteiger partial charge on any atom is 0.233 e. The number of amides is 1. The van der Waals surface area contributed by atoms with Crippen molar-refractivity contribution in [2.45, 2.75) is 56.7 Å². The van der Waals surface area contributed by atoms with Gasteiger partial charge in [0.05, 0.1) is 25.0 Å². The zero-order valence-electron chi connectivity index (χ0n) is 17.6. The number of hydrogen-bond acceptors (Lipinski definition) is 6. The Morgan fingerprint density at radius 2 is 2.07 bits per heavy atom. The number of hydrogen-bond donors (Lipinski definition) is 1. The van der Waals surface area contributed by atoms with E-state index in [-0.39, 0.29) is 17.3 Å². The van der Waals surface area contributed by atoms with E-state index in [0.717, 1.165) is 41.7 Å². The minimum Gasteiger partial charge on any atom is -0.497 e. The van der Waals surface area contributed by atoms with Crippen LogP contribution in [0.3, 0.4) is 0 Å². The summed E-state index contributed by atoms with van der Waals surface area (Å²) in [6.45, 7) is 8.20. The van der Waals surface area contributed by atoms with Crippen molar-refractivity contribution in [3.8, 4) is 17.1 Å². The quantitative estimate of drug-likeness (QED) is 0.629. The van der Waals surface area contributed by atoms with Crippen molar-refractivity contribution >= 4 is 17.7 Å². The number of nitrogens with zero attached hydrogens (tertiary/aromatic N) is 3. The van der Waals surface area contributed by atoms with Crippen molar-refractivity contribution in [3.05, 3.63) is 24.3 Å². The van der Waals surface area contributed by atoms with E-state index in [1.807, 2.05) is 31.2 Å². The standard InChI is InChI=1S/C21H30N4O3S/c1-14(2)12-22-20(26)15(3)29-21-24-23-19(16-7-9-17(27-4)10-8-16)25(21)13-18-6-5-11-28-18/h7-10,14-15,18H,5-6,11-13H2,1-4H3,(H,22,26). The molecule has 0 aliphatic carbocycles. The largest absolute Gasteiger partial charge is 0.497 e. The summed E-state index contributed by atoms with van der Waals surface area (Å²) in [6.07, 6.45) is 2.24. The van der Waals surface area contributed by atoms with Crippen LogP contribution in [0.4, 0.5) is 0 Å². The zero-order chi connectivity index (χ0) is 20.8. The number of thioether (sulfide) groups is 1. The van der Waals surface area contributed by atoms with Gasteiger partial charge in [-0.15, -0.1) is 10.2 Å². The minimum absolute atomic E-state index is 0.0152. The van der Waals surface area contributed by atoms with Crippen LogP contribution in [0.25, 0.3) is 11.4 Å².